The van der Waals surface area contributed by atoms with E-state index in [0.29, 0.717) is 19.4 Å². The highest BCUT2D eigenvalue weighted by Crippen LogP contribution is 2.19. The van der Waals surface area contributed by atoms with E-state index >= 15 is 0 Å². The maximum absolute atomic E-state index is 10.4. The topological polar surface area (TPSA) is 75.2 Å². The summed E-state index contributed by atoms with van der Waals surface area (Å²) in [7, 11) is 0. The number of H-pyrrole nitrogens is 1. The summed E-state index contributed by atoms with van der Waals surface area (Å²) in [6.45, 7) is 1.35. The molecule has 0 saturated heterocycles. The van der Waals surface area contributed by atoms with E-state index in [9.17, 15) is 4.79 Å². The van der Waals surface area contributed by atoms with Crippen molar-refractivity contribution in [2.24, 2.45) is 0 Å². The Hall–Kier alpha value is -1.36. The largest absolute Gasteiger partial charge is 0.481 e. The number of aromatic amines is 1. The molecule has 0 radical (unpaired) electrons. The number of nitrogens with one attached hydrogen (secondary N) is 1. The summed E-state index contributed by atoms with van der Waals surface area (Å²) >= 11 is 0. The van der Waals surface area contributed by atoms with Crippen LogP contribution >= 0.6 is 0 Å². The molecule has 2 heterocycles. The number of aromatic nitrogens is 2. The van der Waals surface area contributed by atoms with Gasteiger partial charge in [0.05, 0.1) is 18.9 Å². The summed E-state index contributed by atoms with van der Waals surface area (Å²) in [6.07, 6.45) is 2.41. The molecule has 0 amide bonds. The lowest BCUT2D eigenvalue weighted by Crippen LogP contribution is -2.09. The van der Waals surface area contributed by atoms with Crippen LogP contribution in [0, 0.1) is 0 Å². The van der Waals surface area contributed by atoms with Crippen molar-refractivity contribution in [3.05, 3.63) is 17.0 Å². The van der Waals surface area contributed by atoms with Crippen molar-refractivity contribution >= 4 is 5.97 Å². The Bertz CT molecular complexity index is 360. The number of carbonyl (C=O) groups is 1. The standard InChI is InChI=1S/C10H14N2O3/c13-10(14)3-1-2-8-7-6-15-5-4-9(7)12-11-8/h1-6H2,(H,11,12)(H,13,14). The van der Waals surface area contributed by atoms with Gasteiger partial charge in [-0.15, -0.1) is 0 Å². The average molecular weight is 210 g/mol. The maximum Gasteiger partial charge on any atom is 0.303 e. The molecule has 15 heavy (non-hydrogen) atoms. The van der Waals surface area contributed by atoms with Crippen molar-refractivity contribution in [2.45, 2.75) is 32.3 Å². The molecule has 0 aromatic carbocycles. The van der Waals surface area contributed by atoms with E-state index in [1.165, 1.54) is 0 Å². The second-order valence-electron chi connectivity index (χ2n) is 3.68. The fraction of sp³-hybridized carbons (Fsp3) is 0.600. The first kappa shape index (κ1) is 10.2. The highest BCUT2D eigenvalue weighted by Gasteiger charge is 2.16. The van der Waals surface area contributed by atoms with Gasteiger partial charge in [-0.2, -0.15) is 5.10 Å². The second kappa shape index (κ2) is 4.44. The quantitative estimate of drug-likeness (QED) is 0.773. The van der Waals surface area contributed by atoms with Crippen molar-refractivity contribution in [1.29, 1.82) is 0 Å². The Kier molecular flexibility index (Phi) is 3.01. The molecule has 1 aliphatic rings. The molecule has 0 unspecified atom stereocenters. The fourth-order valence-corrected chi connectivity index (χ4v) is 1.78. The van der Waals surface area contributed by atoms with E-state index in [1.54, 1.807) is 0 Å². The normalized spacial score (nSPS) is 14.9. The molecule has 5 heteroatoms. The SMILES string of the molecule is O=C(O)CCCc1n[nH]c2c1COCC2. The number of aliphatic carboxylic acids is 1. The van der Waals surface area contributed by atoms with Gasteiger partial charge in [0.2, 0.25) is 0 Å². The highest BCUT2D eigenvalue weighted by molar-refractivity contribution is 5.66. The van der Waals surface area contributed by atoms with Crippen molar-refractivity contribution in [2.75, 3.05) is 6.61 Å². The van der Waals surface area contributed by atoms with Crippen LogP contribution in [0.1, 0.15) is 29.8 Å². The van der Waals surface area contributed by atoms with Gasteiger partial charge in [0.1, 0.15) is 0 Å². The number of carboxylic acids is 1. The molecule has 0 atom stereocenters. The minimum absolute atomic E-state index is 0.197. The molecule has 5 nitrogen and oxygen atoms in total. The van der Waals surface area contributed by atoms with Gasteiger partial charge in [0.15, 0.2) is 0 Å². The lowest BCUT2D eigenvalue weighted by atomic mass is 10.1. The van der Waals surface area contributed by atoms with Crippen LogP contribution in [0.25, 0.3) is 0 Å². The van der Waals surface area contributed by atoms with Crippen molar-refractivity contribution in [1.82, 2.24) is 10.2 Å². The fourth-order valence-electron chi connectivity index (χ4n) is 1.78. The number of aryl methyl sites for hydroxylation is 1. The summed E-state index contributed by atoms with van der Waals surface area (Å²) in [5, 5.41) is 15.7. The maximum atomic E-state index is 10.4. The van der Waals surface area contributed by atoms with Gasteiger partial charge in [-0.05, 0) is 12.8 Å². The Labute approximate surface area is 87.4 Å². The van der Waals surface area contributed by atoms with E-state index in [-0.39, 0.29) is 6.42 Å². The van der Waals surface area contributed by atoms with Crippen molar-refractivity contribution < 1.29 is 14.6 Å². The van der Waals surface area contributed by atoms with Gasteiger partial charge < -0.3 is 9.84 Å². The molecule has 82 valence electrons. The minimum Gasteiger partial charge on any atom is -0.481 e. The smallest absolute Gasteiger partial charge is 0.303 e. The van der Waals surface area contributed by atoms with Gasteiger partial charge in [-0.3, -0.25) is 9.89 Å². The zero-order chi connectivity index (χ0) is 10.7. The second-order valence-corrected chi connectivity index (χ2v) is 3.68. The van der Waals surface area contributed by atoms with E-state index in [0.717, 1.165) is 30.0 Å². The van der Waals surface area contributed by atoms with Crippen molar-refractivity contribution in [3.8, 4) is 0 Å². The van der Waals surface area contributed by atoms with Crippen LogP contribution < -0.4 is 0 Å². The number of fused-ring (bicyclic) bond motifs is 1. The molecular weight excluding hydrogens is 196 g/mol. The Balaban J connectivity index is 1.96. The van der Waals surface area contributed by atoms with Crippen LogP contribution in [-0.2, 0) is 29.0 Å². The number of nitrogens with zero attached hydrogens (tertiary/aromatic N) is 1. The monoisotopic (exact) mass is 210 g/mol. The summed E-state index contributed by atoms with van der Waals surface area (Å²) in [6, 6.07) is 0. The van der Waals surface area contributed by atoms with Gasteiger partial charge in [-0.25, -0.2) is 0 Å². The summed E-state index contributed by atoms with van der Waals surface area (Å²) in [5.74, 6) is -0.754. The average Bonchev–Trinajstić information content (AvgIpc) is 2.62. The number of rotatable bonds is 4. The van der Waals surface area contributed by atoms with Gasteiger partial charge in [-0.1, -0.05) is 0 Å². The van der Waals surface area contributed by atoms with Crippen LogP contribution in [0.2, 0.25) is 0 Å². The zero-order valence-corrected chi connectivity index (χ0v) is 8.45. The predicted molar refractivity (Wildman–Crippen MR) is 52.5 cm³/mol. The molecule has 1 aliphatic heterocycles. The molecule has 1 aromatic heterocycles. The molecular formula is C10H14N2O3. The minimum atomic E-state index is -0.754. The van der Waals surface area contributed by atoms with E-state index in [4.69, 9.17) is 9.84 Å². The lowest BCUT2D eigenvalue weighted by molar-refractivity contribution is -0.137. The Morgan fingerprint density at radius 2 is 2.47 bits per heavy atom. The first-order chi connectivity index (χ1) is 7.27. The Morgan fingerprint density at radius 3 is 3.27 bits per heavy atom. The molecule has 0 fully saturated rings. The molecule has 0 saturated carbocycles. The van der Waals surface area contributed by atoms with Crippen molar-refractivity contribution in [3.63, 3.8) is 0 Å². The Morgan fingerprint density at radius 1 is 1.60 bits per heavy atom. The molecule has 0 aliphatic carbocycles. The highest BCUT2D eigenvalue weighted by atomic mass is 16.5. The third kappa shape index (κ3) is 2.36. The zero-order valence-electron chi connectivity index (χ0n) is 8.45. The van der Waals surface area contributed by atoms with Crippen LogP contribution in [0.3, 0.4) is 0 Å². The number of ether oxygens (including phenoxy) is 1. The lowest BCUT2D eigenvalue weighted by Gasteiger charge is -2.12. The van der Waals surface area contributed by atoms with E-state index in [1.807, 2.05) is 0 Å². The summed E-state index contributed by atoms with van der Waals surface area (Å²) in [5.41, 5.74) is 3.24. The molecule has 2 rings (SSSR count). The van der Waals surface area contributed by atoms with E-state index in [2.05, 4.69) is 10.2 Å². The van der Waals surface area contributed by atoms with Gasteiger partial charge in [0, 0.05) is 24.1 Å². The number of hydrogen-bond donors (Lipinski definition) is 2. The van der Waals surface area contributed by atoms with E-state index < -0.39 is 5.97 Å². The number of carboxylic acid groups (broad SMARTS) is 1. The van der Waals surface area contributed by atoms with Gasteiger partial charge >= 0.3 is 5.97 Å². The van der Waals surface area contributed by atoms with Crippen LogP contribution in [0.15, 0.2) is 0 Å². The summed E-state index contributed by atoms with van der Waals surface area (Å²) < 4.78 is 5.35. The van der Waals surface area contributed by atoms with Crippen LogP contribution in [0.4, 0.5) is 0 Å². The number of hydrogen-bond acceptors (Lipinski definition) is 3. The third-order valence-corrected chi connectivity index (χ3v) is 2.59. The third-order valence-electron chi connectivity index (χ3n) is 2.59. The van der Waals surface area contributed by atoms with Crippen LogP contribution in [0.5, 0.6) is 0 Å². The molecule has 2 N–H and O–H groups in total. The molecule has 1 aromatic rings. The molecule has 0 bridgehead atoms. The first-order valence-electron chi connectivity index (χ1n) is 5.12. The predicted octanol–water partition coefficient (Wildman–Crippen LogP) is 0.890. The molecule has 0 spiro atoms. The first-order valence-corrected chi connectivity index (χ1v) is 5.12. The van der Waals surface area contributed by atoms with Gasteiger partial charge in [0.25, 0.3) is 0 Å². The van der Waals surface area contributed by atoms with Crippen LogP contribution in [-0.4, -0.2) is 27.9 Å². The summed E-state index contributed by atoms with van der Waals surface area (Å²) in [4.78, 5) is 10.4.